The first-order chi connectivity index (χ1) is 21.5. The molecule has 222 valence electrons. The van der Waals surface area contributed by atoms with E-state index in [1.54, 1.807) is 11.9 Å². The molecular weight excluding hydrogens is 552 g/mol. The van der Waals surface area contributed by atoms with Crippen LogP contribution in [-0.4, -0.2) is 53.8 Å². The van der Waals surface area contributed by atoms with Crippen LogP contribution in [0.2, 0.25) is 0 Å². The number of likely N-dealkylation sites (N-methyl/N-ethyl adjacent to an activating group) is 1. The highest BCUT2D eigenvalue weighted by Gasteiger charge is 2.46. The van der Waals surface area contributed by atoms with E-state index in [1.807, 2.05) is 115 Å². The van der Waals surface area contributed by atoms with Crippen molar-refractivity contribution in [3.05, 3.63) is 143 Å². The smallest absolute Gasteiger partial charge is 0.322 e. The summed E-state index contributed by atoms with van der Waals surface area (Å²) in [6.45, 7) is 0.596. The minimum atomic E-state index is -0.761. The van der Waals surface area contributed by atoms with Gasteiger partial charge in [-0.15, -0.1) is 0 Å². The summed E-state index contributed by atoms with van der Waals surface area (Å²) in [4.78, 5) is 44.2. The minimum absolute atomic E-state index is 0.151. The molecule has 8 heteroatoms. The molecule has 0 saturated heterocycles. The van der Waals surface area contributed by atoms with Crippen LogP contribution in [0.1, 0.15) is 22.7 Å². The van der Waals surface area contributed by atoms with Crippen molar-refractivity contribution in [1.29, 1.82) is 0 Å². The summed E-state index contributed by atoms with van der Waals surface area (Å²) in [5.41, 5.74) is 3.83. The number of para-hydroxylation sites is 1. The zero-order valence-electron chi connectivity index (χ0n) is 24.5. The van der Waals surface area contributed by atoms with Gasteiger partial charge in [-0.3, -0.25) is 14.5 Å². The normalized spacial score (nSPS) is 16.8. The highest BCUT2D eigenvalue weighted by Crippen LogP contribution is 2.38. The molecule has 0 bridgehead atoms. The van der Waals surface area contributed by atoms with Crippen molar-refractivity contribution in [2.75, 3.05) is 20.1 Å². The molecule has 2 aliphatic heterocycles. The topological polar surface area (TPSA) is 91.0 Å². The zero-order valence-corrected chi connectivity index (χ0v) is 24.5. The third-order valence-corrected chi connectivity index (χ3v) is 8.07. The van der Waals surface area contributed by atoms with Gasteiger partial charge in [0, 0.05) is 20.0 Å². The predicted octanol–water partition coefficient (Wildman–Crippen LogP) is 5.24. The van der Waals surface area contributed by atoms with Gasteiger partial charge in [0.05, 0.1) is 23.9 Å². The standard InChI is InChI=1S/C36H34N4O4/c1-39-31-24-40(30(22-26-14-7-3-8-15-26)34(41)37-21-20-25-12-5-2-6-13-25)35(42)32(31)33(38-36(39)43)27-16-11-19-29(23-27)44-28-17-9-4-10-18-28/h2-19,23,30,33H,20-22,24H2,1H3,(H,37,41)(H,38,43). The molecule has 0 fully saturated rings. The van der Waals surface area contributed by atoms with E-state index in [1.165, 1.54) is 4.90 Å². The van der Waals surface area contributed by atoms with Crippen molar-refractivity contribution in [2.24, 2.45) is 0 Å². The van der Waals surface area contributed by atoms with Crippen LogP contribution in [0.4, 0.5) is 4.79 Å². The highest BCUT2D eigenvalue weighted by atomic mass is 16.5. The maximum absolute atomic E-state index is 14.3. The van der Waals surface area contributed by atoms with Crippen LogP contribution >= 0.6 is 0 Å². The van der Waals surface area contributed by atoms with Crippen LogP contribution in [-0.2, 0) is 22.4 Å². The molecule has 2 N–H and O–H groups in total. The van der Waals surface area contributed by atoms with E-state index in [9.17, 15) is 14.4 Å². The number of hydrogen-bond donors (Lipinski definition) is 2. The fraction of sp³-hybridized carbons (Fsp3) is 0.194. The van der Waals surface area contributed by atoms with Gasteiger partial charge in [-0.05, 0) is 47.4 Å². The SMILES string of the molecule is CN1C(=O)NC(c2cccc(Oc3ccccc3)c2)C2=C1CN(C(Cc1ccccc1)C(=O)NCCc1ccccc1)C2=O. The Morgan fingerprint density at radius 2 is 1.50 bits per heavy atom. The van der Waals surface area contributed by atoms with E-state index in [-0.39, 0.29) is 24.4 Å². The van der Waals surface area contributed by atoms with Gasteiger partial charge in [0.2, 0.25) is 5.91 Å². The number of nitrogens with zero attached hydrogens (tertiary/aromatic N) is 2. The summed E-state index contributed by atoms with van der Waals surface area (Å²) >= 11 is 0. The fourth-order valence-corrected chi connectivity index (χ4v) is 5.75. The highest BCUT2D eigenvalue weighted by molar-refractivity contribution is 6.03. The average molecular weight is 587 g/mol. The Morgan fingerprint density at radius 1 is 0.864 bits per heavy atom. The van der Waals surface area contributed by atoms with Crippen molar-refractivity contribution in [3.63, 3.8) is 0 Å². The number of amides is 4. The molecule has 0 radical (unpaired) electrons. The number of rotatable bonds is 10. The molecule has 2 aliphatic rings. The quantitative estimate of drug-likeness (QED) is 0.266. The van der Waals surface area contributed by atoms with E-state index >= 15 is 0 Å². The molecule has 2 unspecified atom stereocenters. The van der Waals surface area contributed by atoms with Crippen LogP contribution in [0, 0.1) is 0 Å². The molecule has 6 rings (SSSR count). The Labute approximate surface area is 256 Å². The molecular formula is C36H34N4O4. The molecule has 0 spiro atoms. The van der Waals surface area contributed by atoms with Gasteiger partial charge in [0.15, 0.2) is 0 Å². The Morgan fingerprint density at radius 3 is 2.20 bits per heavy atom. The number of carbonyl (C=O) groups is 3. The molecule has 0 saturated carbocycles. The minimum Gasteiger partial charge on any atom is -0.457 e. The van der Waals surface area contributed by atoms with Crippen LogP contribution in [0.5, 0.6) is 11.5 Å². The van der Waals surface area contributed by atoms with Crippen LogP contribution in [0.15, 0.2) is 127 Å². The number of benzene rings is 4. The summed E-state index contributed by atoms with van der Waals surface area (Å²) < 4.78 is 6.04. The zero-order chi connectivity index (χ0) is 30.5. The molecule has 4 aromatic carbocycles. The number of nitrogens with one attached hydrogen (secondary N) is 2. The third-order valence-electron chi connectivity index (χ3n) is 8.07. The van der Waals surface area contributed by atoms with Gasteiger partial charge in [0.1, 0.15) is 17.5 Å². The van der Waals surface area contributed by atoms with Gasteiger partial charge < -0.3 is 20.3 Å². The first kappa shape index (κ1) is 28.7. The lowest BCUT2D eigenvalue weighted by molar-refractivity contribution is -0.136. The first-order valence-corrected chi connectivity index (χ1v) is 14.7. The average Bonchev–Trinajstić information content (AvgIpc) is 3.40. The van der Waals surface area contributed by atoms with E-state index in [2.05, 4.69) is 10.6 Å². The molecule has 2 heterocycles. The van der Waals surface area contributed by atoms with Crippen molar-refractivity contribution in [2.45, 2.75) is 24.9 Å². The molecule has 0 aromatic heterocycles. The number of urea groups is 1. The van der Waals surface area contributed by atoms with Crippen LogP contribution in [0.25, 0.3) is 0 Å². The maximum atomic E-state index is 14.3. The maximum Gasteiger partial charge on any atom is 0.322 e. The monoisotopic (exact) mass is 586 g/mol. The summed E-state index contributed by atoms with van der Waals surface area (Å²) in [7, 11) is 1.65. The lowest BCUT2D eigenvalue weighted by Gasteiger charge is -2.31. The number of carbonyl (C=O) groups excluding carboxylic acids is 3. The van der Waals surface area contributed by atoms with Gasteiger partial charge in [-0.2, -0.15) is 0 Å². The molecule has 2 atom stereocenters. The van der Waals surface area contributed by atoms with Gasteiger partial charge >= 0.3 is 6.03 Å². The first-order valence-electron chi connectivity index (χ1n) is 14.7. The predicted molar refractivity (Wildman–Crippen MR) is 168 cm³/mol. The lowest BCUT2D eigenvalue weighted by Crippen LogP contribution is -2.50. The Bertz CT molecular complexity index is 1670. The van der Waals surface area contributed by atoms with Crippen molar-refractivity contribution >= 4 is 17.8 Å². The van der Waals surface area contributed by atoms with E-state index in [0.717, 1.165) is 16.7 Å². The number of ether oxygens (including phenoxy) is 1. The fourth-order valence-electron chi connectivity index (χ4n) is 5.75. The summed E-state index contributed by atoms with van der Waals surface area (Å²) in [6.07, 6.45) is 1.03. The Hall–Kier alpha value is -5.37. The summed E-state index contributed by atoms with van der Waals surface area (Å²) in [6, 6.07) is 34.7. The van der Waals surface area contributed by atoms with Crippen molar-refractivity contribution in [3.8, 4) is 11.5 Å². The van der Waals surface area contributed by atoms with Crippen LogP contribution < -0.4 is 15.4 Å². The van der Waals surface area contributed by atoms with Gasteiger partial charge in [-0.25, -0.2) is 4.79 Å². The lowest BCUT2D eigenvalue weighted by atomic mass is 9.95. The second-order valence-electron chi connectivity index (χ2n) is 11.0. The molecule has 8 nitrogen and oxygen atoms in total. The van der Waals surface area contributed by atoms with E-state index in [4.69, 9.17) is 4.74 Å². The van der Waals surface area contributed by atoms with Gasteiger partial charge in [-0.1, -0.05) is 91.0 Å². The number of hydrogen-bond acceptors (Lipinski definition) is 4. The van der Waals surface area contributed by atoms with E-state index in [0.29, 0.717) is 42.2 Å². The molecule has 4 aromatic rings. The molecule has 44 heavy (non-hydrogen) atoms. The van der Waals surface area contributed by atoms with Gasteiger partial charge in [0.25, 0.3) is 5.91 Å². The largest absolute Gasteiger partial charge is 0.457 e. The van der Waals surface area contributed by atoms with Crippen molar-refractivity contribution < 1.29 is 19.1 Å². The second kappa shape index (κ2) is 12.9. The second-order valence-corrected chi connectivity index (χ2v) is 11.0. The Kier molecular flexibility index (Phi) is 8.41. The Balaban J connectivity index is 1.26. The summed E-state index contributed by atoms with van der Waals surface area (Å²) in [5, 5.41) is 6.05. The molecule has 0 aliphatic carbocycles. The van der Waals surface area contributed by atoms with E-state index < -0.39 is 12.1 Å². The molecule has 4 amide bonds. The van der Waals surface area contributed by atoms with Crippen molar-refractivity contribution in [1.82, 2.24) is 20.4 Å². The van der Waals surface area contributed by atoms with Crippen LogP contribution in [0.3, 0.4) is 0 Å². The third kappa shape index (κ3) is 6.20. The summed E-state index contributed by atoms with van der Waals surface area (Å²) in [5.74, 6) is 0.772.